The maximum absolute atomic E-state index is 12.5. The van der Waals surface area contributed by atoms with E-state index in [0.29, 0.717) is 5.69 Å². The van der Waals surface area contributed by atoms with E-state index in [9.17, 15) is 23.3 Å². The van der Waals surface area contributed by atoms with E-state index in [1.165, 1.54) is 19.2 Å². The number of anilines is 2. The van der Waals surface area contributed by atoms with Crippen molar-refractivity contribution in [1.82, 2.24) is 0 Å². The number of nitrogens with zero attached hydrogens (tertiary/aromatic N) is 2. The second-order valence-corrected chi connectivity index (χ2v) is 7.89. The van der Waals surface area contributed by atoms with Gasteiger partial charge in [-0.3, -0.25) is 19.2 Å². The molecule has 0 heterocycles. The Balaban J connectivity index is 2.27. The molecule has 10 heteroatoms. The zero-order valence-electron chi connectivity index (χ0n) is 15.7. The lowest BCUT2D eigenvalue weighted by Crippen LogP contribution is -2.37. The van der Waals surface area contributed by atoms with Gasteiger partial charge in [0.05, 0.1) is 29.7 Å². The summed E-state index contributed by atoms with van der Waals surface area (Å²) in [5.41, 5.74) is 1.23. The number of hydrogen-bond acceptors (Lipinski definition) is 6. The Kier molecular flexibility index (Phi) is 6.57. The number of non-ortho nitro benzene ring substituents is 1. The molecule has 0 saturated carbocycles. The molecule has 0 unspecified atom stereocenters. The molecule has 2 rings (SSSR count). The standard InChI is InChI=1S/C18H21N3O6S/c1-4-13-5-7-14(8-6-13)20(28(3,25)26)12-18(22)19-16-11-15(21(23)24)9-10-17(16)27-2/h5-11H,4,12H2,1-3H3,(H,19,22). The number of carbonyl (C=O) groups is 1. The second kappa shape index (κ2) is 8.70. The van der Waals surface area contributed by atoms with Gasteiger partial charge < -0.3 is 10.1 Å². The molecule has 0 aliphatic carbocycles. The Labute approximate surface area is 163 Å². The lowest BCUT2D eigenvalue weighted by molar-refractivity contribution is -0.384. The predicted octanol–water partition coefficient (Wildman–Crippen LogP) is 2.57. The highest BCUT2D eigenvalue weighted by Crippen LogP contribution is 2.29. The number of ether oxygens (including phenoxy) is 1. The number of benzene rings is 2. The molecule has 2 aromatic rings. The van der Waals surface area contributed by atoms with E-state index in [1.54, 1.807) is 24.3 Å². The third kappa shape index (κ3) is 5.19. The fraction of sp³-hybridized carbons (Fsp3) is 0.278. The van der Waals surface area contributed by atoms with Crippen molar-refractivity contribution in [3.8, 4) is 5.75 Å². The van der Waals surface area contributed by atoms with Gasteiger partial charge in [-0.15, -0.1) is 0 Å². The van der Waals surface area contributed by atoms with Crippen LogP contribution in [0.5, 0.6) is 5.75 Å². The van der Waals surface area contributed by atoms with E-state index in [2.05, 4.69) is 5.32 Å². The van der Waals surface area contributed by atoms with E-state index in [-0.39, 0.29) is 17.1 Å². The summed E-state index contributed by atoms with van der Waals surface area (Å²) in [6, 6.07) is 10.6. The minimum absolute atomic E-state index is 0.0801. The van der Waals surface area contributed by atoms with Gasteiger partial charge in [-0.2, -0.15) is 0 Å². The molecular formula is C18H21N3O6S. The van der Waals surface area contributed by atoms with Crippen LogP contribution in [-0.4, -0.2) is 39.2 Å². The predicted molar refractivity (Wildman–Crippen MR) is 106 cm³/mol. The summed E-state index contributed by atoms with van der Waals surface area (Å²) in [6.07, 6.45) is 1.80. The summed E-state index contributed by atoms with van der Waals surface area (Å²) in [5.74, 6) is -0.444. The fourth-order valence-electron chi connectivity index (χ4n) is 2.53. The van der Waals surface area contributed by atoms with Gasteiger partial charge in [0.1, 0.15) is 12.3 Å². The molecule has 0 fully saturated rings. The smallest absolute Gasteiger partial charge is 0.271 e. The lowest BCUT2D eigenvalue weighted by Gasteiger charge is -2.22. The highest BCUT2D eigenvalue weighted by Gasteiger charge is 2.22. The Hall–Kier alpha value is -3.14. The number of aryl methyl sites for hydroxylation is 1. The number of nitro groups is 1. The van der Waals surface area contributed by atoms with Gasteiger partial charge in [0.2, 0.25) is 15.9 Å². The Morgan fingerprint density at radius 3 is 2.36 bits per heavy atom. The largest absolute Gasteiger partial charge is 0.495 e. The lowest BCUT2D eigenvalue weighted by atomic mass is 10.1. The maximum atomic E-state index is 12.5. The van der Waals surface area contributed by atoms with Gasteiger partial charge in [0.15, 0.2) is 0 Å². The average molecular weight is 407 g/mol. The van der Waals surface area contributed by atoms with Crippen LogP contribution in [0.2, 0.25) is 0 Å². The summed E-state index contributed by atoms with van der Waals surface area (Å²) in [5, 5.41) is 13.4. The quantitative estimate of drug-likeness (QED) is 0.531. The van der Waals surface area contributed by atoms with Crippen molar-refractivity contribution in [1.29, 1.82) is 0 Å². The van der Waals surface area contributed by atoms with Crippen molar-refractivity contribution in [3.63, 3.8) is 0 Å². The normalized spacial score (nSPS) is 11.0. The second-order valence-electron chi connectivity index (χ2n) is 5.98. The van der Waals surface area contributed by atoms with Crippen molar-refractivity contribution >= 4 is 33.0 Å². The number of carbonyl (C=O) groups excluding carboxylic acids is 1. The van der Waals surface area contributed by atoms with Crippen LogP contribution in [0, 0.1) is 10.1 Å². The number of hydrogen-bond donors (Lipinski definition) is 1. The van der Waals surface area contributed by atoms with Crippen molar-refractivity contribution in [2.24, 2.45) is 0 Å². The first-order chi connectivity index (χ1) is 13.2. The monoisotopic (exact) mass is 407 g/mol. The van der Waals surface area contributed by atoms with Gasteiger partial charge in [0.25, 0.3) is 5.69 Å². The Morgan fingerprint density at radius 1 is 1.21 bits per heavy atom. The fourth-order valence-corrected chi connectivity index (χ4v) is 3.38. The molecule has 0 spiro atoms. The van der Waals surface area contributed by atoms with Crippen molar-refractivity contribution < 1.29 is 22.9 Å². The zero-order valence-corrected chi connectivity index (χ0v) is 16.5. The van der Waals surface area contributed by atoms with Gasteiger partial charge in [-0.1, -0.05) is 19.1 Å². The molecule has 0 aliphatic heterocycles. The number of rotatable bonds is 8. The van der Waals surface area contributed by atoms with Crippen molar-refractivity contribution in [3.05, 3.63) is 58.1 Å². The minimum Gasteiger partial charge on any atom is -0.495 e. The maximum Gasteiger partial charge on any atom is 0.271 e. The van der Waals surface area contributed by atoms with Crippen LogP contribution in [0.15, 0.2) is 42.5 Å². The highest BCUT2D eigenvalue weighted by molar-refractivity contribution is 7.92. The Morgan fingerprint density at radius 2 is 1.86 bits per heavy atom. The topological polar surface area (TPSA) is 119 Å². The van der Waals surface area contributed by atoms with E-state index in [4.69, 9.17) is 4.74 Å². The SMILES string of the molecule is CCc1ccc(N(CC(=O)Nc2cc([N+](=O)[O-])ccc2OC)S(C)(=O)=O)cc1. The van der Waals surface area contributed by atoms with Crippen molar-refractivity contribution in [2.75, 3.05) is 29.5 Å². The van der Waals surface area contributed by atoms with Crippen molar-refractivity contribution in [2.45, 2.75) is 13.3 Å². The summed E-state index contributed by atoms with van der Waals surface area (Å²) in [7, 11) is -2.37. The van der Waals surface area contributed by atoms with E-state index in [1.807, 2.05) is 6.92 Å². The van der Waals surface area contributed by atoms with E-state index >= 15 is 0 Å². The average Bonchev–Trinajstić information content (AvgIpc) is 2.65. The van der Waals surface area contributed by atoms with E-state index in [0.717, 1.165) is 28.6 Å². The highest BCUT2D eigenvalue weighted by atomic mass is 32.2. The van der Waals surface area contributed by atoms with Gasteiger partial charge in [-0.25, -0.2) is 8.42 Å². The third-order valence-corrected chi connectivity index (χ3v) is 5.13. The molecule has 1 amide bonds. The number of nitrogens with one attached hydrogen (secondary N) is 1. The zero-order chi connectivity index (χ0) is 20.9. The molecule has 1 N–H and O–H groups in total. The summed E-state index contributed by atoms with van der Waals surface area (Å²) in [4.78, 5) is 22.8. The third-order valence-electron chi connectivity index (χ3n) is 3.99. The number of nitro benzene ring substituents is 1. The molecule has 0 aliphatic rings. The summed E-state index contributed by atoms with van der Waals surface area (Å²) < 4.78 is 30.4. The van der Waals surface area contributed by atoms with Crippen LogP contribution >= 0.6 is 0 Å². The number of amides is 1. The molecule has 150 valence electrons. The first-order valence-electron chi connectivity index (χ1n) is 8.34. The van der Waals surface area contributed by atoms with Crippen LogP contribution in [0.1, 0.15) is 12.5 Å². The molecule has 0 bridgehead atoms. The summed E-state index contributed by atoms with van der Waals surface area (Å²) in [6.45, 7) is 1.49. The summed E-state index contributed by atoms with van der Waals surface area (Å²) >= 11 is 0. The molecule has 0 atom stereocenters. The first kappa shape index (κ1) is 21.2. The van der Waals surface area contributed by atoms with Crippen LogP contribution in [-0.2, 0) is 21.2 Å². The molecular weight excluding hydrogens is 386 g/mol. The molecule has 0 aromatic heterocycles. The molecule has 28 heavy (non-hydrogen) atoms. The van der Waals surface area contributed by atoms with Gasteiger partial charge in [-0.05, 0) is 30.2 Å². The number of sulfonamides is 1. The number of methoxy groups -OCH3 is 1. The van der Waals surface area contributed by atoms with Gasteiger partial charge >= 0.3 is 0 Å². The first-order valence-corrected chi connectivity index (χ1v) is 10.2. The van der Waals surface area contributed by atoms with Crippen LogP contribution < -0.4 is 14.4 Å². The molecule has 9 nitrogen and oxygen atoms in total. The molecule has 0 saturated heterocycles. The van der Waals surface area contributed by atoms with E-state index < -0.39 is 27.4 Å². The molecule has 0 radical (unpaired) electrons. The van der Waals surface area contributed by atoms with Crippen LogP contribution in [0.25, 0.3) is 0 Å². The van der Waals surface area contributed by atoms with Crippen LogP contribution in [0.4, 0.5) is 17.1 Å². The Bertz CT molecular complexity index is 973. The minimum atomic E-state index is -3.73. The van der Waals surface area contributed by atoms with Crippen LogP contribution in [0.3, 0.4) is 0 Å². The molecule has 2 aromatic carbocycles. The van der Waals surface area contributed by atoms with Gasteiger partial charge in [0, 0.05) is 12.1 Å².